The number of carbonyl (C=O) groups is 2. The SMILES string of the molecule is O=C([O-])CCCCCN1C(=O)/C(=C\c2cccs2)SC1=S. The molecule has 1 aromatic rings. The zero-order valence-corrected chi connectivity index (χ0v) is 13.7. The fraction of sp³-hybridized carbons (Fsp3) is 0.357. The summed E-state index contributed by atoms with van der Waals surface area (Å²) in [4.78, 5) is 25.9. The van der Waals surface area contributed by atoms with Gasteiger partial charge in [0, 0.05) is 17.4 Å². The van der Waals surface area contributed by atoms with Crippen molar-refractivity contribution < 1.29 is 14.7 Å². The third-order valence-corrected chi connectivity index (χ3v) is 5.15. The molecule has 4 nitrogen and oxygen atoms in total. The molecule has 0 saturated carbocycles. The van der Waals surface area contributed by atoms with Gasteiger partial charge in [-0.05, 0) is 36.8 Å². The highest BCUT2D eigenvalue weighted by molar-refractivity contribution is 8.26. The number of carboxylic acids is 1. The molecular formula is C14H14NO3S3-. The van der Waals surface area contributed by atoms with Crippen LogP contribution in [0.3, 0.4) is 0 Å². The zero-order chi connectivity index (χ0) is 15.2. The van der Waals surface area contributed by atoms with E-state index in [0.717, 1.165) is 17.7 Å². The molecule has 1 aliphatic heterocycles. The Morgan fingerprint density at radius 2 is 2.19 bits per heavy atom. The molecule has 2 heterocycles. The van der Waals surface area contributed by atoms with Gasteiger partial charge in [0.25, 0.3) is 5.91 Å². The van der Waals surface area contributed by atoms with Crippen LogP contribution in [0.1, 0.15) is 30.6 Å². The maximum atomic E-state index is 12.3. The summed E-state index contributed by atoms with van der Waals surface area (Å²) in [6, 6.07) is 3.89. The Morgan fingerprint density at radius 3 is 2.86 bits per heavy atom. The van der Waals surface area contributed by atoms with E-state index in [1.54, 1.807) is 16.2 Å². The fourth-order valence-corrected chi connectivity index (χ4v) is 3.94. The van der Waals surface area contributed by atoms with Gasteiger partial charge in [-0.15, -0.1) is 11.3 Å². The van der Waals surface area contributed by atoms with E-state index in [9.17, 15) is 14.7 Å². The van der Waals surface area contributed by atoms with Crippen LogP contribution in [0.25, 0.3) is 6.08 Å². The Bertz CT molecular complexity index is 566. The van der Waals surface area contributed by atoms with Gasteiger partial charge < -0.3 is 9.90 Å². The van der Waals surface area contributed by atoms with E-state index in [1.165, 1.54) is 11.8 Å². The first-order chi connectivity index (χ1) is 10.1. The van der Waals surface area contributed by atoms with Crippen molar-refractivity contribution >= 4 is 57.6 Å². The number of rotatable bonds is 7. The number of carbonyl (C=O) groups excluding carboxylic acids is 2. The number of thiocarbonyl (C=S) groups is 1. The van der Waals surface area contributed by atoms with Crippen molar-refractivity contribution in [2.24, 2.45) is 0 Å². The number of hydrogen-bond donors (Lipinski definition) is 0. The number of amides is 1. The van der Waals surface area contributed by atoms with E-state index in [4.69, 9.17) is 12.2 Å². The van der Waals surface area contributed by atoms with Crippen molar-refractivity contribution in [3.63, 3.8) is 0 Å². The van der Waals surface area contributed by atoms with Crippen LogP contribution in [0.4, 0.5) is 0 Å². The maximum Gasteiger partial charge on any atom is 0.266 e. The first kappa shape index (κ1) is 16.2. The van der Waals surface area contributed by atoms with Gasteiger partial charge in [0.2, 0.25) is 0 Å². The second-order valence-electron chi connectivity index (χ2n) is 4.53. The Kier molecular flexibility index (Phi) is 5.96. The van der Waals surface area contributed by atoms with E-state index in [-0.39, 0.29) is 12.3 Å². The maximum absolute atomic E-state index is 12.3. The number of unbranched alkanes of at least 4 members (excludes halogenated alkanes) is 2. The summed E-state index contributed by atoms with van der Waals surface area (Å²) in [5, 5.41) is 12.3. The topological polar surface area (TPSA) is 60.4 Å². The molecule has 0 N–H and O–H groups in total. The normalized spacial score (nSPS) is 17.0. The van der Waals surface area contributed by atoms with Gasteiger partial charge >= 0.3 is 0 Å². The van der Waals surface area contributed by atoms with E-state index < -0.39 is 5.97 Å². The highest BCUT2D eigenvalue weighted by Crippen LogP contribution is 2.33. The van der Waals surface area contributed by atoms with Crippen molar-refractivity contribution in [2.45, 2.75) is 25.7 Å². The van der Waals surface area contributed by atoms with Crippen LogP contribution >= 0.6 is 35.3 Å². The smallest absolute Gasteiger partial charge is 0.266 e. The standard InChI is InChI=1S/C14H15NO3S3/c16-12(17)6-2-1-3-7-15-13(18)11(21-14(15)19)9-10-5-4-8-20-10/h4-5,8-9H,1-3,6-7H2,(H,16,17)/p-1/b11-9+. The number of nitrogens with zero attached hydrogens (tertiary/aromatic N) is 1. The number of hydrogen-bond acceptors (Lipinski definition) is 6. The predicted octanol–water partition coefficient (Wildman–Crippen LogP) is 2.26. The van der Waals surface area contributed by atoms with Gasteiger partial charge in [0.1, 0.15) is 4.32 Å². The van der Waals surface area contributed by atoms with Crippen molar-refractivity contribution in [3.05, 3.63) is 27.3 Å². The molecule has 2 rings (SSSR count). The fourth-order valence-electron chi connectivity index (χ4n) is 1.91. The van der Waals surface area contributed by atoms with Crippen LogP contribution in [-0.2, 0) is 9.59 Å². The molecule has 0 aliphatic carbocycles. The number of carboxylic acid groups (broad SMARTS) is 1. The molecule has 0 spiro atoms. The molecule has 1 fully saturated rings. The molecule has 7 heteroatoms. The highest BCUT2D eigenvalue weighted by Gasteiger charge is 2.31. The van der Waals surface area contributed by atoms with Gasteiger partial charge in [-0.2, -0.15) is 0 Å². The largest absolute Gasteiger partial charge is 0.550 e. The number of thiophene rings is 1. The predicted molar refractivity (Wildman–Crippen MR) is 87.7 cm³/mol. The second kappa shape index (κ2) is 7.72. The van der Waals surface area contributed by atoms with Crippen LogP contribution in [0.15, 0.2) is 22.4 Å². The van der Waals surface area contributed by atoms with Gasteiger partial charge in [0.05, 0.1) is 4.91 Å². The van der Waals surface area contributed by atoms with Crippen LogP contribution in [0.5, 0.6) is 0 Å². The van der Waals surface area contributed by atoms with Crippen LogP contribution in [0.2, 0.25) is 0 Å². The van der Waals surface area contributed by atoms with E-state index >= 15 is 0 Å². The Balaban J connectivity index is 1.86. The third kappa shape index (κ3) is 4.66. The summed E-state index contributed by atoms with van der Waals surface area (Å²) in [7, 11) is 0. The van der Waals surface area contributed by atoms with E-state index in [2.05, 4.69) is 0 Å². The zero-order valence-electron chi connectivity index (χ0n) is 11.2. The van der Waals surface area contributed by atoms with Crippen LogP contribution < -0.4 is 5.11 Å². The van der Waals surface area contributed by atoms with Gasteiger partial charge in [0.15, 0.2) is 0 Å². The van der Waals surface area contributed by atoms with E-state index in [0.29, 0.717) is 22.2 Å². The minimum absolute atomic E-state index is 0.0571. The number of aliphatic carboxylic acids is 1. The summed E-state index contributed by atoms with van der Waals surface area (Å²) < 4.78 is 0.572. The molecule has 0 bridgehead atoms. The average molecular weight is 340 g/mol. The van der Waals surface area contributed by atoms with Gasteiger partial charge in [-0.3, -0.25) is 9.69 Å². The highest BCUT2D eigenvalue weighted by atomic mass is 32.2. The first-order valence-corrected chi connectivity index (χ1v) is 8.67. The summed E-state index contributed by atoms with van der Waals surface area (Å²) >= 11 is 8.13. The summed E-state index contributed by atoms with van der Waals surface area (Å²) in [5.41, 5.74) is 0. The molecule has 0 atom stereocenters. The van der Waals surface area contributed by atoms with E-state index in [1.807, 2.05) is 23.6 Å². The number of thioether (sulfide) groups is 1. The molecule has 112 valence electrons. The monoisotopic (exact) mass is 340 g/mol. The van der Waals surface area contributed by atoms with Crippen LogP contribution in [0, 0.1) is 0 Å². The minimum atomic E-state index is -1.03. The van der Waals surface area contributed by atoms with Gasteiger partial charge in [-0.1, -0.05) is 36.5 Å². The lowest BCUT2D eigenvalue weighted by molar-refractivity contribution is -0.305. The first-order valence-electron chi connectivity index (χ1n) is 6.56. The molecule has 1 aromatic heterocycles. The summed E-state index contributed by atoms with van der Waals surface area (Å²) in [6.45, 7) is 0.541. The Hall–Kier alpha value is -1.18. The lowest BCUT2D eigenvalue weighted by Gasteiger charge is -2.14. The second-order valence-corrected chi connectivity index (χ2v) is 7.19. The summed E-state index contributed by atoms with van der Waals surface area (Å²) in [6.07, 6.45) is 3.99. The third-order valence-electron chi connectivity index (χ3n) is 2.95. The summed E-state index contributed by atoms with van der Waals surface area (Å²) in [5.74, 6) is -1.09. The van der Waals surface area contributed by atoms with Crippen molar-refractivity contribution in [3.8, 4) is 0 Å². The molecule has 0 radical (unpaired) electrons. The molecule has 21 heavy (non-hydrogen) atoms. The van der Waals surface area contributed by atoms with Gasteiger partial charge in [-0.25, -0.2) is 0 Å². The molecule has 1 aliphatic rings. The molecule has 1 saturated heterocycles. The van der Waals surface area contributed by atoms with Crippen LogP contribution in [-0.4, -0.2) is 27.6 Å². The Morgan fingerprint density at radius 1 is 1.38 bits per heavy atom. The lowest BCUT2D eigenvalue weighted by atomic mass is 10.2. The molecular weight excluding hydrogens is 326 g/mol. The molecule has 0 aromatic carbocycles. The Labute approximate surface area is 136 Å². The minimum Gasteiger partial charge on any atom is -0.550 e. The quantitative estimate of drug-likeness (QED) is 0.433. The van der Waals surface area contributed by atoms with Crippen molar-refractivity contribution in [1.29, 1.82) is 0 Å². The van der Waals surface area contributed by atoms with Crippen molar-refractivity contribution in [2.75, 3.05) is 6.54 Å². The molecule has 0 unspecified atom stereocenters. The lowest BCUT2D eigenvalue weighted by Crippen LogP contribution is -2.29. The van der Waals surface area contributed by atoms with Crippen molar-refractivity contribution in [1.82, 2.24) is 4.90 Å². The average Bonchev–Trinajstić information content (AvgIpc) is 3.01. The molecule has 1 amide bonds.